The maximum absolute atomic E-state index is 12.9. The van der Waals surface area contributed by atoms with E-state index in [-0.39, 0.29) is 11.7 Å². The predicted octanol–water partition coefficient (Wildman–Crippen LogP) is 4.28. The average molecular weight is 334 g/mol. The van der Waals surface area contributed by atoms with Crippen LogP contribution in [0.1, 0.15) is 30.1 Å². The number of H-pyrrole nitrogens is 1. The van der Waals surface area contributed by atoms with Crippen molar-refractivity contribution in [3.63, 3.8) is 0 Å². The minimum absolute atomic E-state index is 0.0181. The van der Waals surface area contributed by atoms with E-state index >= 15 is 0 Å². The topological polar surface area (TPSA) is 53.2 Å². The second kappa shape index (κ2) is 7.34. The lowest BCUT2D eigenvalue weighted by molar-refractivity contribution is -0.127. The molecule has 0 aliphatic carbocycles. The molecule has 0 aliphatic rings. The Labute approximate surface area is 147 Å². The molecular weight excluding hydrogens is 312 g/mol. The number of carbonyl (C=O) groups is 2. The molecule has 1 heterocycles. The number of benzene rings is 2. The molecule has 0 aliphatic heterocycles. The van der Waals surface area contributed by atoms with E-state index in [0.717, 1.165) is 27.7 Å². The summed E-state index contributed by atoms with van der Waals surface area (Å²) in [7, 11) is 1.76. The Hall–Kier alpha value is -2.88. The first-order chi connectivity index (χ1) is 12.1. The molecule has 1 N–H and O–H groups in total. The van der Waals surface area contributed by atoms with Gasteiger partial charge >= 0.3 is 0 Å². The Balaban J connectivity index is 1.91. The summed E-state index contributed by atoms with van der Waals surface area (Å²) in [4.78, 5) is 29.3. The Morgan fingerprint density at radius 3 is 2.40 bits per heavy atom. The van der Waals surface area contributed by atoms with Crippen LogP contribution in [0.5, 0.6) is 0 Å². The number of nitrogens with zero attached hydrogens (tertiary/aromatic N) is 1. The van der Waals surface area contributed by atoms with Gasteiger partial charge in [0.2, 0.25) is 5.91 Å². The summed E-state index contributed by atoms with van der Waals surface area (Å²) >= 11 is 0. The highest BCUT2D eigenvalue weighted by molar-refractivity contribution is 6.13. The molecule has 2 aromatic carbocycles. The molecule has 4 nitrogen and oxygen atoms in total. The standard InChI is InChI=1S/C21H22N2O2/c1-15(24)23(2)14-8-13-19(25)20-17-11-6-7-12-18(17)22-21(20)16-9-4-3-5-10-16/h3-7,9-12,22H,8,13-14H2,1-2H3. The van der Waals surface area contributed by atoms with E-state index < -0.39 is 0 Å². The molecule has 0 spiro atoms. The molecule has 3 rings (SSSR count). The van der Waals surface area contributed by atoms with Crippen LogP contribution in [0.4, 0.5) is 0 Å². The molecule has 3 aromatic rings. The third-order valence-corrected chi connectivity index (χ3v) is 4.48. The summed E-state index contributed by atoms with van der Waals surface area (Å²) < 4.78 is 0. The fraction of sp³-hybridized carbons (Fsp3) is 0.238. The molecule has 0 atom stereocenters. The fourth-order valence-corrected chi connectivity index (χ4v) is 3.01. The Morgan fingerprint density at radius 1 is 1.00 bits per heavy atom. The van der Waals surface area contributed by atoms with Crippen LogP contribution in [0.2, 0.25) is 0 Å². The third kappa shape index (κ3) is 3.63. The predicted molar refractivity (Wildman–Crippen MR) is 101 cm³/mol. The van der Waals surface area contributed by atoms with Crippen molar-refractivity contribution >= 4 is 22.6 Å². The van der Waals surface area contributed by atoms with E-state index in [1.54, 1.807) is 11.9 Å². The molecule has 1 aromatic heterocycles. The van der Waals surface area contributed by atoms with Gasteiger partial charge in [0.1, 0.15) is 0 Å². The summed E-state index contributed by atoms with van der Waals surface area (Å²) in [5.74, 6) is 0.123. The second-order valence-corrected chi connectivity index (χ2v) is 6.25. The van der Waals surface area contributed by atoms with Crippen molar-refractivity contribution in [1.82, 2.24) is 9.88 Å². The largest absolute Gasteiger partial charge is 0.354 e. The number of para-hydroxylation sites is 1. The second-order valence-electron chi connectivity index (χ2n) is 6.25. The number of aromatic amines is 1. The molecule has 128 valence electrons. The van der Waals surface area contributed by atoms with Gasteiger partial charge in [-0.05, 0) is 18.1 Å². The van der Waals surface area contributed by atoms with Crippen molar-refractivity contribution in [1.29, 1.82) is 0 Å². The molecule has 0 bridgehead atoms. The third-order valence-electron chi connectivity index (χ3n) is 4.48. The van der Waals surface area contributed by atoms with E-state index in [2.05, 4.69) is 4.98 Å². The molecule has 1 amide bonds. The number of rotatable bonds is 6. The van der Waals surface area contributed by atoms with Gasteiger partial charge in [-0.25, -0.2) is 0 Å². The number of fused-ring (bicyclic) bond motifs is 1. The zero-order chi connectivity index (χ0) is 17.8. The minimum atomic E-state index is 0.0181. The van der Waals surface area contributed by atoms with E-state index in [1.165, 1.54) is 6.92 Å². The van der Waals surface area contributed by atoms with Crippen LogP contribution >= 0.6 is 0 Å². The summed E-state index contributed by atoms with van der Waals surface area (Å²) in [6, 6.07) is 17.8. The number of hydrogen-bond donors (Lipinski definition) is 1. The van der Waals surface area contributed by atoms with Crippen molar-refractivity contribution in [3.8, 4) is 11.3 Å². The van der Waals surface area contributed by atoms with Crippen LogP contribution in [0, 0.1) is 0 Å². The van der Waals surface area contributed by atoms with Gasteiger partial charge in [-0.2, -0.15) is 0 Å². The van der Waals surface area contributed by atoms with Crippen LogP contribution in [0.25, 0.3) is 22.2 Å². The van der Waals surface area contributed by atoms with Crippen molar-refractivity contribution in [2.45, 2.75) is 19.8 Å². The van der Waals surface area contributed by atoms with Crippen LogP contribution in [-0.2, 0) is 4.79 Å². The first-order valence-corrected chi connectivity index (χ1v) is 8.49. The average Bonchev–Trinajstić information content (AvgIpc) is 3.01. The molecule has 4 heteroatoms. The van der Waals surface area contributed by atoms with E-state index in [1.807, 2.05) is 54.6 Å². The Bertz CT molecular complexity index is 897. The molecule has 25 heavy (non-hydrogen) atoms. The smallest absolute Gasteiger partial charge is 0.219 e. The number of hydrogen-bond acceptors (Lipinski definition) is 2. The number of amides is 1. The van der Waals surface area contributed by atoms with Crippen LogP contribution in [0.15, 0.2) is 54.6 Å². The van der Waals surface area contributed by atoms with Crippen LogP contribution in [0.3, 0.4) is 0 Å². The summed E-state index contributed by atoms with van der Waals surface area (Å²) in [5.41, 5.74) is 3.58. The van der Waals surface area contributed by atoms with Crippen molar-refractivity contribution in [3.05, 3.63) is 60.2 Å². The molecular formula is C21H22N2O2. The lowest BCUT2D eigenvalue weighted by Gasteiger charge is -2.14. The van der Waals surface area contributed by atoms with Gasteiger partial charge in [0.05, 0.1) is 11.3 Å². The number of nitrogens with one attached hydrogen (secondary N) is 1. The lowest BCUT2D eigenvalue weighted by Crippen LogP contribution is -2.25. The number of ketones is 1. The normalized spacial score (nSPS) is 10.8. The van der Waals surface area contributed by atoms with Gasteiger partial charge in [-0.1, -0.05) is 48.5 Å². The maximum Gasteiger partial charge on any atom is 0.219 e. The fourth-order valence-electron chi connectivity index (χ4n) is 3.01. The van der Waals surface area contributed by atoms with Gasteiger partial charge in [-0.15, -0.1) is 0 Å². The maximum atomic E-state index is 12.9. The lowest BCUT2D eigenvalue weighted by atomic mass is 9.99. The van der Waals surface area contributed by atoms with Crippen LogP contribution in [-0.4, -0.2) is 35.2 Å². The summed E-state index contributed by atoms with van der Waals surface area (Å²) in [5, 5.41) is 0.950. The van der Waals surface area contributed by atoms with E-state index in [4.69, 9.17) is 0 Å². The molecule has 0 saturated heterocycles. The molecule has 0 saturated carbocycles. The van der Waals surface area contributed by atoms with E-state index in [9.17, 15) is 9.59 Å². The molecule has 0 fully saturated rings. The highest BCUT2D eigenvalue weighted by Crippen LogP contribution is 2.31. The number of aromatic nitrogens is 1. The van der Waals surface area contributed by atoms with Gasteiger partial charge in [0.15, 0.2) is 5.78 Å². The Kier molecular flexibility index (Phi) is 4.98. The quantitative estimate of drug-likeness (QED) is 0.684. The number of Topliss-reactive ketones (excluding diaryl/α,β-unsaturated/α-hetero) is 1. The number of carbonyl (C=O) groups excluding carboxylic acids is 2. The van der Waals surface area contributed by atoms with Gasteiger partial charge in [-0.3, -0.25) is 9.59 Å². The molecule has 0 unspecified atom stereocenters. The van der Waals surface area contributed by atoms with Gasteiger partial charge in [0, 0.05) is 37.8 Å². The zero-order valence-electron chi connectivity index (χ0n) is 14.6. The van der Waals surface area contributed by atoms with E-state index in [0.29, 0.717) is 19.4 Å². The van der Waals surface area contributed by atoms with Crippen molar-refractivity contribution in [2.24, 2.45) is 0 Å². The highest BCUT2D eigenvalue weighted by atomic mass is 16.2. The monoisotopic (exact) mass is 334 g/mol. The summed E-state index contributed by atoms with van der Waals surface area (Å²) in [6.07, 6.45) is 1.07. The van der Waals surface area contributed by atoms with Crippen molar-refractivity contribution in [2.75, 3.05) is 13.6 Å². The van der Waals surface area contributed by atoms with Crippen molar-refractivity contribution < 1.29 is 9.59 Å². The SMILES string of the molecule is CC(=O)N(C)CCCC(=O)c1c(-c2ccccc2)[nH]c2ccccc12. The molecule has 0 radical (unpaired) electrons. The van der Waals surface area contributed by atoms with Crippen LogP contribution < -0.4 is 0 Å². The van der Waals surface area contributed by atoms with Gasteiger partial charge < -0.3 is 9.88 Å². The first-order valence-electron chi connectivity index (χ1n) is 8.49. The minimum Gasteiger partial charge on any atom is -0.354 e. The zero-order valence-corrected chi connectivity index (χ0v) is 14.6. The first kappa shape index (κ1) is 17.0. The Morgan fingerprint density at radius 2 is 1.68 bits per heavy atom. The highest BCUT2D eigenvalue weighted by Gasteiger charge is 2.19. The summed E-state index contributed by atoms with van der Waals surface area (Å²) in [6.45, 7) is 2.12. The van der Waals surface area contributed by atoms with Gasteiger partial charge in [0.25, 0.3) is 0 Å².